The highest BCUT2D eigenvalue weighted by atomic mass is 35.5. The molecule has 0 spiro atoms. The van der Waals surface area contributed by atoms with Gasteiger partial charge in [0.2, 0.25) is 0 Å². The lowest BCUT2D eigenvalue weighted by molar-refractivity contribution is 0.0945. The fourth-order valence-electron chi connectivity index (χ4n) is 1.21. The first-order valence-corrected chi connectivity index (χ1v) is 4.97. The van der Waals surface area contributed by atoms with Crippen LogP contribution in [0.2, 0.25) is 5.02 Å². The van der Waals surface area contributed by atoms with Crippen LogP contribution in [-0.2, 0) is 7.05 Å². The van der Waals surface area contributed by atoms with Crippen LogP contribution in [-0.4, -0.2) is 21.7 Å². The van der Waals surface area contributed by atoms with E-state index in [2.05, 4.69) is 10.4 Å². The minimum atomic E-state index is -0.166. The molecule has 0 bridgehead atoms. The molecule has 1 amide bonds. The Kier molecular flexibility index (Phi) is 2.23. The predicted molar refractivity (Wildman–Crippen MR) is 53.4 cm³/mol. The first kappa shape index (κ1) is 9.52. The zero-order valence-electron chi connectivity index (χ0n) is 8.17. The minimum absolute atomic E-state index is 0.166. The summed E-state index contributed by atoms with van der Waals surface area (Å²) in [5.41, 5.74) is 1.14. The summed E-state index contributed by atoms with van der Waals surface area (Å²) in [6.45, 7) is 1.84. The fraction of sp³-hybridized carbons (Fsp3) is 0.556. The molecule has 0 saturated heterocycles. The normalized spacial score (nSPS) is 15.6. The molecule has 0 aliphatic heterocycles. The lowest BCUT2D eigenvalue weighted by atomic mass is 10.3. The van der Waals surface area contributed by atoms with Gasteiger partial charge in [-0.1, -0.05) is 11.6 Å². The molecule has 14 heavy (non-hydrogen) atoms. The van der Waals surface area contributed by atoms with Crippen LogP contribution in [0.4, 0.5) is 0 Å². The maximum atomic E-state index is 11.6. The molecule has 1 aromatic rings. The second-order valence-corrected chi connectivity index (χ2v) is 4.00. The summed E-state index contributed by atoms with van der Waals surface area (Å²) in [5, 5.41) is 7.37. The molecular weight excluding hydrogens is 202 g/mol. The highest BCUT2D eigenvalue weighted by Gasteiger charge is 2.26. The van der Waals surface area contributed by atoms with E-state index < -0.39 is 0 Å². The number of amides is 1. The first-order chi connectivity index (χ1) is 6.59. The smallest absolute Gasteiger partial charge is 0.273 e. The van der Waals surface area contributed by atoms with E-state index in [-0.39, 0.29) is 5.91 Å². The third-order valence-corrected chi connectivity index (χ3v) is 2.84. The predicted octanol–water partition coefficient (Wildman–Crippen LogP) is 1.27. The first-order valence-electron chi connectivity index (χ1n) is 4.59. The summed E-state index contributed by atoms with van der Waals surface area (Å²) in [5.74, 6) is -0.166. The van der Waals surface area contributed by atoms with E-state index in [9.17, 15) is 4.79 Å². The van der Waals surface area contributed by atoms with Gasteiger partial charge in [0, 0.05) is 13.1 Å². The Balaban J connectivity index is 2.21. The molecule has 1 fully saturated rings. The van der Waals surface area contributed by atoms with Crippen molar-refractivity contribution in [3.8, 4) is 0 Å². The Morgan fingerprint density at radius 1 is 1.64 bits per heavy atom. The average molecular weight is 214 g/mol. The van der Waals surface area contributed by atoms with Crippen molar-refractivity contribution in [1.29, 1.82) is 0 Å². The van der Waals surface area contributed by atoms with E-state index >= 15 is 0 Å². The monoisotopic (exact) mass is 213 g/mol. The molecule has 1 aliphatic carbocycles. The van der Waals surface area contributed by atoms with E-state index in [0.717, 1.165) is 18.5 Å². The molecule has 1 N–H and O–H groups in total. The van der Waals surface area contributed by atoms with E-state index in [1.54, 1.807) is 11.7 Å². The molecule has 2 rings (SSSR count). The lowest BCUT2D eigenvalue weighted by Gasteiger charge is -1.98. The molecular formula is C9H12ClN3O. The summed E-state index contributed by atoms with van der Waals surface area (Å²) >= 11 is 5.97. The third kappa shape index (κ3) is 1.62. The number of halogens is 1. The summed E-state index contributed by atoms with van der Waals surface area (Å²) in [7, 11) is 1.77. The second kappa shape index (κ2) is 3.28. The van der Waals surface area contributed by atoms with Gasteiger partial charge in [-0.15, -0.1) is 0 Å². The highest BCUT2D eigenvalue weighted by molar-refractivity contribution is 6.34. The van der Waals surface area contributed by atoms with Gasteiger partial charge in [-0.3, -0.25) is 9.48 Å². The molecule has 0 radical (unpaired) electrons. The third-order valence-electron chi connectivity index (χ3n) is 2.39. The number of aryl methyl sites for hydroxylation is 1. The van der Waals surface area contributed by atoms with E-state index in [4.69, 9.17) is 11.6 Å². The van der Waals surface area contributed by atoms with E-state index in [1.807, 2.05) is 6.92 Å². The SMILES string of the molecule is Cc1c(Cl)c(C(=O)NC2CC2)nn1C. The fourth-order valence-corrected chi connectivity index (χ4v) is 1.45. The van der Waals surface area contributed by atoms with Crippen molar-refractivity contribution in [1.82, 2.24) is 15.1 Å². The van der Waals surface area contributed by atoms with Crippen LogP contribution >= 0.6 is 11.6 Å². The van der Waals surface area contributed by atoms with Crippen molar-refractivity contribution in [3.63, 3.8) is 0 Å². The Morgan fingerprint density at radius 2 is 2.29 bits per heavy atom. The van der Waals surface area contributed by atoms with Crippen molar-refractivity contribution < 1.29 is 4.79 Å². The van der Waals surface area contributed by atoms with Gasteiger partial charge in [0.05, 0.1) is 10.7 Å². The minimum Gasteiger partial charge on any atom is -0.348 e. The Bertz CT molecular complexity index is 382. The largest absolute Gasteiger partial charge is 0.348 e. The van der Waals surface area contributed by atoms with Crippen LogP contribution in [0.25, 0.3) is 0 Å². The van der Waals surface area contributed by atoms with Gasteiger partial charge < -0.3 is 5.32 Å². The second-order valence-electron chi connectivity index (χ2n) is 3.62. The van der Waals surface area contributed by atoms with E-state index in [0.29, 0.717) is 16.8 Å². The van der Waals surface area contributed by atoms with Crippen molar-refractivity contribution >= 4 is 17.5 Å². The number of hydrogen-bond acceptors (Lipinski definition) is 2. The standard InChI is InChI=1S/C9H12ClN3O/c1-5-7(10)8(12-13(5)2)9(14)11-6-3-4-6/h6H,3-4H2,1-2H3,(H,11,14). The quantitative estimate of drug-likeness (QED) is 0.805. The van der Waals surface area contributed by atoms with Crippen LogP contribution in [0.3, 0.4) is 0 Å². The molecule has 0 aromatic carbocycles. The van der Waals surface area contributed by atoms with E-state index in [1.165, 1.54) is 0 Å². The zero-order valence-corrected chi connectivity index (χ0v) is 8.93. The van der Waals surface area contributed by atoms with Crippen molar-refractivity contribution in [3.05, 3.63) is 16.4 Å². The molecule has 1 aromatic heterocycles. The topological polar surface area (TPSA) is 46.9 Å². The van der Waals surface area contributed by atoms with Crippen LogP contribution in [0.5, 0.6) is 0 Å². The van der Waals surface area contributed by atoms with Crippen molar-refractivity contribution in [2.75, 3.05) is 0 Å². The van der Waals surface area contributed by atoms with Crippen LogP contribution < -0.4 is 5.32 Å². The number of carbonyl (C=O) groups is 1. The van der Waals surface area contributed by atoms with Gasteiger partial charge in [0.1, 0.15) is 0 Å². The summed E-state index contributed by atoms with van der Waals surface area (Å²) < 4.78 is 1.62. The Morgan fingerprint density at radius 3 is 2.71 bits per heavy atom. The van der Waals surface area contributed by atoms with Gasteiger partial charge in [-0.2, -0.15) is 5.10 Å². The Hall–Kier alpha value is -1.03. The maximum absolute atomic E-state index is 11.6. The summed E-state index contributed by atoms with van der Waals surface area (Å²) in [6.07, 6.45) is 2.13. The molecule has 1 heterocycles. The van der Waals surface area contributed by atoms with Crippen LogP contribution in [0, 0.1) is 6.92 Å². The van der Waals surface area contributed by atoms with Gasteiger partial charge in [-0.05, 0) is 19.8 Å². The molecule has 1 saturated carbocycles. The number of rotatable bonds is 2. The summed E-state index contributed by atoms with van der Waals surface area (Å²) in [4.78, 5) is 11.6. The number of nitrogens with one attached hydrogen (secondary N) is 1. The van der Waals surface area contributed by atoms with Crippen LogP contribution in [0.15, 0.2) is 0 Å². The molecule has 0 unspecified atom stereocenters. The van der Waals surface area contributed by atoms with Gasteiger partial charge in [0.15, 0.2) is 5.69 Å². The van der Waals surface area contributed by atoms with Gasteiger partial charge in [0.25, 0.3) is 5.91 Å². The summed E-state index contributed by atoms with van der Waals surface area (Å²) in [6, 6.07) is 0.334. The molecule has 4 nitrogen and oxygen atoms in total. The maximum Gasteiger partial charge on any atom is 0.273 e. The van der Waals surface area contributed by atoms with Gasteiger partial charge in [-0.25, -0.2) is 0 Å². The van der Waals surface area contributed by atoms with Crippen LogP contribution in [0.1, 0.15) is 29.0 Å². The molecule has 0 atom stereocenters. The van der Waals surface area contributed by atoms with Crippen molar-refractivity contribution in [2.45, 2.75) is 25.8 Å². The lowest BCUT2D eigenvalue weighted by Crippen LogP contribution is -2.26. The number of nitrogens with zero attached hydrogens (tertiary/aromatic N) is 2. The van der Waals surface area contributed by atoms with Gasteiger partial charge >= 0.3 is 0 Å². The molecule has 76 valence electrons. The zero-order chi connectivity index (χ0) is 10.3. The molecule has 1 aliphatic rings. The molecule has 5 heteroatoms. The average Bonchev–Trinajstić information content (AvgIpc) is 2.90. The van der Waals surface area contributed by atoms with Crippen molar-refractivity contribution in [2.24, 2.45) is 7.05 Å². The number of hydrogen-bond donors (Lipinski definition) is 1. The Labute approximate surface area is 87.2 Å². The number of carbonyl (C=O) groups excluding carboxylic acids is 1. The highest BCUT2D eigenvalue weighted by Crippen LogP contribution is 2.22. The number of aromatic nitrogens is 2.